The molecular weight excluding hydrogens is 465 g/mol. The van der Waals surface area contributed by atoms with E-state index in [1.807, 2.05) is 6.92 Å². The summed E-state index contributed by atoms with van der Waals surface area (Å²) in [5, 5.41) is 3.21. The fraction of sp³-hybridized carbons (Fsp3) is 0.667. The SMILES string of the molecule is CCOCCCN=C(N)NCCCCN1CCN(Cc2ccccc2)CC1.I. The molecule has 6 nitrogen and oxygen atoms in total. The number of nitrogens with two attached hydrogens (primary N) is 1. The van der Waals surface area contributed by atoms with E-state index in [9.17, 15) is 0 Å². The summed E-state index contributed by atoms with van der Waals surface area (Å²) in [6.07, 6.45) is 3.25. The van der Waals surface area contributed by atoms with Crippen LogP contribution in [0.2, 0.25) is 0 Å². The lowest BCUT2D eigenvalue weighted by molar-refractivity contribution is 0.126. The van der Waals surface area contributed by atoms with E-state index in [0.29, 0.717) is 5.96 Å². The molecule has 1 saturated heterocycles. The molecule has 1 aliphatic rings. The van der Waals surface area contributed by atoms with Crippen molar-refractivity contribution >= 4 is 29.9 Å². The Hall–Kier alpha value is -0.900. The molecule has 0 amide bonds. The molecule has 0 aromatic heterocycles. The highest BCUT2D eigenvalue weighted by molar-refractivity contribution is 14.0. The lowest BCUT2D eigenvalue weighted by atomic mass is 10.2. The van der Waals surface area contributed by atoms with Crippen LogP contribution < -0.4 is 11.1 Å². The lowest BCUT2D eigenvalue weighted by Gasteiger charge is -2.34. The minimum Gasteiger partial charge on any atom is -0.382 e. The molecular formula is C21H38IN5O. The number of nitrogens with one attached hydrogen (secondary N) is 1. The predicted molar refractivity (Wildman–Crippen MR) is 128 cm³/mol. The van der Waals surface area contributed by atoms with E-state index >= 15 is 0 Å². The van der Waals surface area contributed by atoms with Gasteiger partial charge in [0.1, 0.15) is 0 Å². The fourth-order valence-electron chi connectivity index (χ4n) is 3.26. The summed E-state index contributed by atoms with van der Waals surface area (Å²) in [6, 6.07) is 10.8. The standard InChI is InChI=1S/C21H37N5O.HI/c1-2-27-18-8-12-24-21(22)23-11-6-7-13-25-14-16-26(17-15-25)19-20-9-4-3-5-10-20;/h3-5,9-10H,2,6-8,11-19H2,1H3,(H3,22,23,24);1H. The molecule has 0 atom stereocenters. The average Bonchev–Trinajstić information content (AvgIpc) is 2.69. The molecule has 2 rings (SSSR count). The Kier molecular flexibility index (Phi) is 14.3. The van der Waals surface area contributed by atoms with E-state index in [2.05, 4.69) is 50.4 Å². The topological polar surface area (TPSA) is 66.1 Å². The molecule has 160 valence electrons. The quantitative estimate of drug-likeness (QED) is 0.199. The molecule has 0 unspecified atom stereocenters. The Labute approximate surface area is 187 Å². The van der Waals surface area contributed by atoms with Gasteiger partial charge in [-0.3, -0.25) is 9.89 Å². The van der Waals surface area contributed by atoms with Gasteiger partial charge in [-0.25, -0.2) is 0 Å². The van der Waals surface area contributed by atoms with Gasteiger partial charge in [-0.2, -0.15) is 0 Å². The summed E-state index contributed by atoms with van der Waals surface area (Å²) in [6.45, 7) is 12.1. The van der Waals surface area contributed by atoms with Crippen molar-refractivity contribution in [2.45, 2.75) is 32.7 Å². The Bertz CT molecular complexity index is 521. The zero-order chi connectivity index (χ0) is 19.2. The van der Waals surface area contributed by atoms with Crippen LogP contribution in [-0.4, -0.2) is 74.8 Å². The molecule has 0 radical (unpaired) electrons. The average molecular weight is 503 g/mol. The van der Waals surface area contributed by atoms with Crippen molar-refractivity contribution < 1.29 is 4.74 Å². The van der Waals surface area contributed by atoms with Crippen LogP contribution in [0.25, 0.3) is 0 Å². The number of halogens is 1. The van der Waals surface area contributed by atoms with Crippen LogP contribution in [-0.2, 0) is 11.3 Å². The summed E-state index contributed by atoms with van der Waals surface area (Å²) in [5.41, 5.74) is 7.29. The van der Waals surface area contributed by atoms with E-state index in [4.69, 9.17) is 10.5 Å². The number of benzene rings is 1. The summed E-state index contributed by atoms with van der Waals surface area (Å²) < 4.78 is 5.28. The second-order valence-corrected chi connectivity index (χ2v) is 7.05. The molecule has 1 aromatic rings. The molecule has 7 heteroatoms. The Morgan fingerprint density at radius 3 is 2.50 bits per heavy atom. The molecule has 3 N–H and O–H groups in total. The monoisotopic (exact) mass is 503 g/mol. The van der Waals surface area contributed by atoms with Crippen LogP contribution in [0.4, 0.5) is 0 Å². The third-order valence-electron chi connectivity index (χ3n) is 4.85. The first-order valence-electron chi connectivity index (χ1n) is 10.4. The molecule has 1 aliphatic heterocycles. The first kappa shape index (κ1) is 25.1. The van der Waals surface area contributed by atoms with Crippen molar-refractivity contribution in [3.8, 4) is 0 Å². The maximum atomic E-state index is 5.87. The van der Waals surface area contributed by atoms with Crippen molar-refractivity contribution in [3.05, 3.63) is 35.9 Å². The van der Waals surface area contributed by atoms with Gasteiger partial charge in [-0.05, 0) is 38.3 Å². The van der Waals surface area contributed by atoms with Gasteiger partial charge in [0.2, 0.25) is 0 Å². The van der Waals surface area contributed by atoms with Crippen LogP contribution in [0.15, 0.2) is 35.3 Å². The maximum Gasteiger partial charge on any atom is 0.188 e. The van der Waals surface area contributed by atoms with Gasteiger partial charge in [0.25, 0.3) is 0 Å². The van der Waals surface area contributed by atoms with Crippen LogP contribution in [0.5, 0.6) is 0 Å². The molecule has 1 aromatic carbocycles. The summed E-state index contributed by atoms with van der Waals surface area (Å²) >= 11 is 0. The van der Waals surface area contributed by atoms with Crippen molar-refractivity contribution in [1.82, 2.24) is 15.1 Å². The van der Waals surface area contributed by atoms with E-state index in [1.54, 1.807) is 0 Å². The van der Waals surface area contributed by atoms with Gasteiger partial charge in [0.05, 0.1) is 0 Å². The van der Waals surface area contributed by atoms with Gasteiger partial charge in [0.15, 0.2) is 5.96 Å². The Balaban J connectivity index is 0.00000392. The number of unbranched alkanes of at least 4 members (excludes halogenated alkanes) is 1. The minimum atomic E-state index is 0. The van der Waals surface area contributed by atoms with Crippen molar-refractivity contribution in [3.63, 3.8) is 0 Å². The normalized spacial score (nSPS) is 16.0. The summed E-state index contributed by atoms with van der Waals surface area (Å²) in [5.74, 6) is 0.557. The number of hydrogen-bond acceptors (Lipinski definition) is 4. The summed E-state index contributed by atoms with van der Waals surface area (Å²) in [4.78, 5) is 9.44. The highest BCUT2D eigenvalue weighted by Crippen LogP contribution is 2.08. The molecule has 0 aliphatic carbocycles. The van der Waals surface area contributed by atoms with Gasteiger partial charge < -0.3 is 20.7 Å². The summed E-state index contributed by atoms with van der Waals surface area (Å²) in [7, 11) is 0. The van der Waals surface area contributed by atoms with E-state index < -0.39 is 0 Å². The third-order valence-corrected chi connectivity index (χ3v) is 4.85. The number of guanidine groups is 1. The Morgan fingerprint density at radius 1 is 1.07 bits per heavy atom. The maximum absolute atomic E-state index is 5.87. The van der Waals surface area contributed by atoms with Crippen LogP contribution in [0.1, 0.15) is 31.7 Å². The van der Waals surface area contributed by atoms with Crippen molar-refractivity contribution in [1.29, 1.82) is 0 Å². The highest BCUT2D eigenvalue weighted by atomic mass is 127. The predicted octanol–water partition coefficient (Wildman–Crippen LogP) is 2.53. The van der Waals surface area contributed by atoms with Crippen molar-refractivity contribution in [2.24, 2.45) is 10.7 Å². The van der Waals surface area contributed by atoms with Crippen LogP contribution >= 0.6 is 24.0 Å². The first-order chi connectivity index (χ1) is 13.3. The number of hydrogen-bond donors (Lipinski definition) is 2. The Morgan fingerprint density at radius 2 is 1.79 bits per heavy atom. The highest BCUT2D eigenvalue weighted by Gasteiger charge is 2.16. The first-order valence-corrected chi connectivity index (χ1v) is 10.4. The number of aliphatic imine (C=N–C) groups is 1. The van der Waals surface area contributed by atoms with Gasteiger partial charge in [0, 0.05) is 59.0 Å². The lowest BCUT2D eigenvalue weighted by Crippen LogP contribution is -2.46. The number of nitrogens with zero attached hydrogens (tertiary/aromatic N) is 3. The molecule has 1 heterocycles. The smallest absolute Gasteiger partial charge is 0.188 e. The van der Waals surface area contributed by atoms with Crippen LogP contribution in [0.3, 0.4) is 0 Å². The molecule has 28 heavy (non-hydrogen) atoms. The van der Waals surface area contributed by atoms with E-state index in [0.717, 1.165) is 58.8 Å². The molecule has 0 bridgehead atoms. The largest absolute Gasteiger partial charge is 0.382 e. The number of ether oxygens (including phenoxy) is 1. The molecule has 0 saturated carbocycles. The third kappa shape index (κ3) is 11.2. The van der Waals surface area contributed by atoms with Gasteiger partial charge in [-0.15, -0.1) is 24.0 Å². The zero-order valence-electron chi connectivity index (χ0n) is 17.3. The zero-order valence-corrected chi connectivity index (χ0v) is 19.6. The van der Waals surface area contributed by atoms with Crippen molar-refractivity contribution in [2.75, 3.05) is 59.0 Å². The van der Waals surface area contributed by atoms with E-state index in [-0.39, 0.29) is 24.0 Å². The molecule has 0 spiro atoms. The number of piperazine rings is 1. The van der Waals surface area contributed by atoms with Crippen LogP contribution in [0, 0.1) is 0 Å². The van der Waals surface area contributed by atoms with Gasteiger partial charge in [-0.1, -0.05) is 30.3 Å². The fourth-order valence-corrected chi connectivity index (χ4v) is 3.26. The number of rotatable bonds is 12. The van der Waals surface area contributed by atoms with Gasteiger partial charge >= 0.3 is 0 Å². The van der Waals surface area contributed by atoms with E-state index in [1.165, 1.54) is 31.6 Å². The minimum absolute atomic E-state index is 0. The second kappa shape index (κ2) is 16.0. The molecule has 1 fully saturated rings. The second-order valence-electron chi connectivity index (χ2n) is 7.05.